The molecule has 0 spiro atoms. The first kappa shape index (κ1) is 17.0. The first-order chi connectivity index (χ1) is 12.8. The Morgan fingerprint density at radius 2 is 1.52 bits per heavy atom. The van der Waals surface area contributed by atoms with E-state index in [0.717, 1.165) is 17.0 Å². The predicted molar refractivity (Wildman–Crippen MR) is 87.6 cm³/mol. The minimum atomic E-state index is -4.42. The van der Waals surface area contributed by atoms with Crippen molar-refractivity contribution in [2.45, 2.75) is 12.7 Å². The number of aromatic nitrogens is 1. The number of hydrogen-bond donors (Lipinski definition) is 0. The van der Waals surface area contributed by atoms with Crippen molar-refractivity contribution in [3.63, 3.8) is 0 Å². The molecule has 0 saturated heterocycles. The lowest BCUT2D eigenvalue weighted by molar-refractivity contribution is -0.137. The second-order valence-corrected chi connectivity index (χ2v) is 6.00. The second-order valence-electron chi connectivity index (χ2n) is 6.00. The number of fused-ring (bicyclic) bond motifs is 1. The summed E-state index contributed by atoms with van der Waals surface area (Å²) in [6.07, 6.45) is -4.42. The number of hydrogen-bond acceptors (Lipinski definition) is 4. The van der Waals surface area contributed by atoms with Crippen LogP contribution in [0.3, 0.4) is 0 Å². The van der Waals surface area contributed by atoms with E-state index in [-0.39, 0.29) is 12.3 Å². The van der Waals surface area contributed by atoms with Gasteiger partial charge in [0.2, 0.25) is 0 Å². The summed E-state index contributed by atoms with van der Waals surface area (Å²) in [6.45, 7) is -0.111. The molecule has 4 rings (SSSR count). The van der Waals surface area contributed by atoms with Crippen molar-refractivity contribution in [2.24, 2.45) is 0 Å². The topological polar surface area (TPSA) is 63.4 Å². The molecule has 27 heavy (non-hydrogen) atoms. The summed E-state index contributed by atoms with van der Waals surface area (Å²) in [5.41, 5.74) is 0.631. The molecule has 1 aliphatic heterocycles. The molecular weight excluding hydrogens is 361 g/mol. The second kappa shape index (κ2) is 6.08. The van der Waals surface area contributed by atoms with Crippen LogP contribution >= 0.6 is 0 Å². The molecule has 8 heteroatoms. The van der Waals surface area contributed by atoms with Crippen molar-refractivity contribution in [3.8, 4) is 11.3 Å². The number of rotatable bonds is 3. The molecule has 0 radical (unpaired) electrons. The number of carbonyl (C=O) groups excluding carboxylic acids is 2. The van der Waals surface area contributed by atoms with Crippen molar-refractivity contribution in [2.75, 3.05) is 0 Å². The maximum absolute atomic E-state index is 12.6. The van der Waals surface area contributed by atoms with Crippen LogP contribution in [-0.4, -0.2) is 21.9 Å². The zero-order valence-electron chi connectivity index (χ0n) is 13.7. The third kappa shape index (κ3) is 2.99. The number of imide groups is 1. The molecule has 2 aromatic carbocycles. The highest BCUT2D eigenvalue weighted by Gasteiger charge is 2.36. The normalized spacial score (nSPS) is 14.0. The Morgan fingerprint density at radius 1 is 0.926 bits per heavy atom. The first-order valence-electron chi connectivity index (χ1n) is 7.93. The van der Waals surface area contributed by atoms with Crippen LogP contribution in [0, 0.1) is 0 Å². The summed E-state index contributed by atoms with van der Waals surface area (Å²) in [5, 5.41) is 3.81. The summed E-state index contributed by atoms with van der Waals surface area (Å²) in [5.74, 6) is -0.606. The largest absolute Gasteiger partial charge is 0.416 e. The van der Waals surface area contributed by atoms with Gasteiger partial charge in [0.25, 0.3) is 11.8 Å². The SMILES string of the molecule is O=C1c2ccccc2C(=O)N1Cc1cc(-c2ccc(C(F)(F)F)cc2)no1. The highest BCUT2D eigenvalue weighted by Crippen LogP contribution is 2.31. The summed E-state index contributed by atoms with van der Waals surface area (Å²) in [7, 11) is 0. The Kier molecular flexibility index (Phi) is 3.83. The van der Waals surface area contributed by atoms with E-state index < -0.39 is 23.6 Å². The fourth-order valence-corrected chi connectivity index (χ4v) is 2.89. The van der Waals surface area contributed by atoms with E-state index in [4.69, 9.17) is 4.52 Å². The molecule has 0 unspecified atom stereocenters. The van der Waals surface area contributed by atoms with Gasteiger partial charge in [0.1, 0.15) is 5.69 Å². The molecule has 5 nitrogen and oxygen atoms in total. The fourth-order valence-electron chi connectivity index (χ4n) is 2.89. The first-order valence-corrected chi connectivity index (χ1v) is 7.93. The highest BCUT2D eigenvalue weighted by atomic mass is 19.4. The van der Waals surface area contributed by atoms with Gasteiger partial charge in [-0.2, -0.15) is 13.2 Å². The van der Waals surface area contributed by atoms with Crippen molar-refractivity contribution < 1.29 is 27.3 Å². The minimum Gasteiger partial charge on any atom is -0.359 e. The standard InChI is InChI=1S/C19H11F3N2O3/c20-19(21,22)12-7-5-11(6-8-12)16-9-13(27-23-16)10-24-17(25)14-3-1-2-4-15(14)18(24)26/h1-9H,10H2. The van der Waals surface area contributed by atoms with Crippen LogP contribution in [0.5, 0.6) is 0 Å². The van der Waals surface area contributed by atoms with Crippen LogP contribution in [0.4, 0.5) is 13.2 Å². The van der Waals surface area contributed by atoms with Gasteiger partial charge >= 0.3 is 6.18 Å². The van der Waals surface area contributed by atoms with E-state index in [9.17, 15) is 22.8 Å². The molecular formula is C19H11F3N2O3. The van der Waals surface area contributed by atoms with E-state index >= 15 is 0 Å². The maximum Gasteiger partial charge on any atom is 0.416 e. The molecule has 0 bridgehead atoms. The van der Waals surface area contributed by atoms with Crippen LogP contribution in [0.2, 0.25) is 0 Å². The maximum atomic E-state index is 12.6. The van der Waals surface area contributed by atoms with Crippen LogP contribution in [-0.2, 0) is 12.7 Å². The van der Waals surface area contributed by atoms with E-state index in [0.29, 0.717) is 22.4 Å². The number of nitrogens with zero attached hydrogens (tertiary/aromatic N) is 2. The van der Waals surface area contributed by atoms with Crippen LogP contribution in [0.25, 0.3) is 11.3 Å². The van der Waals surface area contributed by atoms with Crippen molar-refractivity contribution in [3.05, 3.63) is 77.0 Å². The van der Waals surface area contributed by atoms with Gasteiger partial charge in [-0.1, -0.05) is 29.4 Å². The Hall–Kier alpha value is -3.42. The number of benzene rings is 2. The smallest absolute Gasteiger partial charge is 0.359 e. The van der Waals surface area contributed by atoms with E-state index in [2.05, 4.69) is 5.16 Å². The monoisotopic (exact) mass is 372 g/mol. The van der Waals surface area contributed by atoms with Gasteiger partial charge in [0.05, 0.1) is 23.2 Å². The minimum absolute atomic E-state index is 0.111. The summed E-state index contributed by atoms with van der Waals surface area (Å²) < 4.78 is 43.1. The summed E-state index contributed by atoms with van der Waals surface area (Å²) in [6, 6.07) is 12.5. The van der Waals surface area contributed by atoms with Gasteiger partial charge in [0, 0.05) is 11.6 Å². The Balaban J connectivity index is 1.54. The number of amides is 2. The molecule has 1 aliphatic rings. The molecule has 3 aromatic rings. The third-order valence-corrected chi connectivity index (χ3v) is 4.26. The summed E-state index contributed by atoms with van der Waals surface area (Å²) >= 11 is 0. The van der Waals surface area contributed by atoms with E-state index in [1.807, 2.05) is 0 Å². The molecule has 1 aromatic heterocycles. The molecule has 0 fully saturated rings. The molecule has 0 aliphatic carbocycles. The molecule has 0 N–H and O–H groups in total. The van der Waals surface area contributed by atoms with Gasteiger partial charge < -0.3 is 4.52 Å². The van der Waals surface area contributed by atoms with Crippen LogP contribution < -0.4 is 0 Å². The quantitative estimate of drug-likeness (QED) is 0.648. The van der Waals surface area contributed by atoms with Gasteiger partial charge in [0.15, 0.2) is 5.76 Å². The molecule has 2 amide bonds. The van der Waals surface area contributed by atoms with Crippen molar-refractivity contribution in [1.29, 1.82) is 0 Å². The van der Waals surface area contributed by atoms with E-state index in [1.54, 1.807) is 24.3 Å². The van der Waals surface area contributed by atoms with Gasteiger partial charge in [-0.05, 0) is 24.3 Å². The average molecular weight is 372 g/mol. The molecule has 0 atom stereocenters. The molecule has 136 valence electrons. The van der Waals surface area contributed by atoms with Crippen molar-refractivity contribution in [1.82, 2.24) is 10.1 Å². The summed E-state index contributed by atoms with van der Waals surface area (Å²) in [4.78, 5) is 25.8. The van der Waals surface area contributed by atoms with Crippen molar-refractivity contribution >= 4 is 11.8 Å². The van der Waals surface area contributed by atoms with E-state index in [1.165, 1.54) is 18.2 Å². The Bertz CT molecular complexity index is 1000. The fraction of sp³-hybridized carbons (Fsp3) is 0.105. The van der Waals surface area contributed by atoms with Gasteiger partial charge in [-0.3, -0.25) is 14.5 Å². The lowest BCUT2D eigenvalue weighted by atomic mass is 10.1. The Labute approximate surface area is 151 Å². The van der Waals surface area contributed by atoms with Gasteiger partial charge in [-0.15, -0.1) is 0 Å². The number of alkyl halides is 3. The number of halogens is 3. The highest BCUT2D eigenvalue weighted by molar-refractivity contribution is 6.21. The molecule has 2 heterocycles. The zero-order valence-corrected chi connectivity index (χ0v) is 13.7. The predicted octanol–water partition coefficient (Wildman–Crippen LogP) is 4.16. The van der Waals surface area contributed by atoms with Crippen LogP contribution in [0.15, 0.2) is 59.1 Å². The van der Waals surface area contributed by atoms with Gasteiger partial charge in [-0.25, -0.2) is 0 Å². The lowest BCUT2D eigenvalue weighted by Crippen LogP contribution is -2.28. The average Bonchev–Trinajstić information content (AvgIpc) is 3.21. The molecule has 0 saturated carbocycles. The Morgan fingerprint density at radius 3 is 2.07 bits per heavy atom. The zero-order chi connectivity index (χ0) is 19.2. The van der Waals surface area contributed by atoms with Crippen LogP contribution in [0.1, 0.15) is 32.0 Å². The number of carbonyl (C=O) groups is 2. The third-order valence-electron chi connectivity index (χ3n) is 4.26. The lowest BCUT2D eigenvalue weighted by Gasteiger charge is -2.10.